The van der Waals surface area contributed by atoms with Gasteiger partial charge in [-0.15, -0.1) is 0 Å². The number of nitrogens with zero attached hydrogens (tertiary/aromatic N) is 2. The van der Waals surface area contributed by atoms with Gasteiger partial charge in [-0.25, -0.2) is 0 Å². The Morgan fingerprint density at radius 2 is 1.92 bits per heavy atom. The van der Waals surface area contributed by atoms with E-state index in [-0.39, 0.29) is 0 Å². The highest BCUT2D eigenvalue weighted by Gasteiger charge is 2.39. The summed E-state index contributed by atoms with van der Waals surface area (Å²) < 4.78 is 0. The molecule has 2 fully saturated rings. The Balaban J connectivity index is 1.30. The molecule has 4 nitrogen and oxygen atoms in total. The van der Waals surface area contributed by atoms with E-state index in [1.807, 2.05) is 0 Å². The summed E-state index contributed by atoms with van der Waals surface area (Å²) in [7, 11) is 2.27. The zero-order chi connectivity index (χ0) is 18.0. The molecule has 2 aliphatic rings. The Morgan fingerprint density at radius 3 is 2.73 bits per heavy atom. The van der Waals surface area contributed by atoms with Crippen LogP contribution in [-0.2, 0) is 11.2 Å². The second-order valence-electron chi connectivity index (χ2n) is 8.20. The van der Waals surface area contributed by atoms with Crippen molar-refractivity contribution in [2.45, 2.75) is 56.9 Å². The van der Waals surface area contributed by atoms with Gasteiger partial charge in [0.05, 0.1) is 0 Å². The van der Waals surface area contributed by atoms with Crippen LogP contribution in [0.25, 0.3) is 10.9 Å². The third kappa shape index (κ3) is 3.39. The standard InChI is InChI=1S/C22H31N3O/c1-24-14-5-11-22(24)12-6-15-25(16-13-22)21(26)10-4-7-18-17-23-20-9-3-2-8-19(18)20/h2-3,8-9,17,23H,4-7,10-16H2,1H3/t22-/m0/s1. The number of H-pyrrole nitrogens is 1. The van der Waals surface area contributed by atoms with Gasteiger partial charge in [0.15, 0.2) is 0 Å². The minimum atomic E-state index is 0.350. The van der Waals surface area contributed by atoms with E-state index in [1.165, 1.54) is 42.3 Å². The second-order valence-corrected chi connectivity index (χ2v) is 8.20. The molecule has 1 N–H and O–H groups in total. The number of carbonyl (C=O) groups is 1. The summed E-state index contributed by atoms with van der Waals surface area (Å²) >= 11 is 0. The smallest absolute Gasteiger partial charge is 0.222 e. The third-order valence-corrected chi connectivity index (χ3v) is 6.73. The molecule has 0 radical (unpaired) electrons. The lowest BCUT2D eigenvalue weighted by Gasteiger charge is -2.35. The lowest BCUT2D eigenvalue weighted by Crippen LogP contribution is -2.42. The van der Waals surface area contributed by atoms with Crippen molar-refractivity contribution in [2.75, 3.05) is 26.7 Å². The van der Waals surface area contributed by atoms with Gasteiger partial charge in [0, 0.05) is 42.1 Å². The van der Waals surface area contributed by atoms with E-state index in [4.69, 9.17) is 0 Å². The van der Waals surface area contributed by atoms with E-state index in [2.05, 4.69) is 52.3 Å². The normalized spacial score (nSPS) is 24.4. The van der Waals surface area contributed by atoms with Crippen LogP contribution in [0.15, 0.2) is 30.5 Å². The van der Waals surface area contributed by atoms with E-state index in [1.54, 1.807) is 0 Å². The van der Waals surface area contributed by atoms with E-state index in [9.17, 15) is 4.79 Å². The van der Waals surface area contributed by atoms with Gasteiger partial charge in [-0.3, -0.25) is 4.79 Å². The van der Waals surface area contributed by atoms with Gasteiger partial charge in [0.2, 0.25) is 5.91 Å². The third-order valence-electron chi connectivity index (χ3n) is 6.73. The highest BCUT2D eigenvalue weighted by molar-refractivity contribution is 5.83. The van der Waals surface area contributed by atoms with Crippen molar-refractivity contribution < 1.29 is 4.79 Å². The van der Waals surface area contributed by atoms with Crippen LogP contribution in [0.2, 0.25) is 0 Å². The fraction of sp³-hybridized carbons (Fsp3) is 0.591. The van der Waals surface area contributed by atoms with Crippen molar-refractivity contribution in [1.82, 2.24) is 14.8 Å². The van der Waals surface area contributed by atoms with E-state index in [0.717, 1.165) is 38.8 Å². The fourth-order valence-corrected chi connectivity index (χ4v) is 5.06. The number of carbonyl (C=O) groups excluding carboxylic acids is 1. The summed E-state index contributed by atoms with van der Waals surface area (Å²) in [5.41, 5.74) is 2.89. The Hall–Kier alpha value is -1.81. The lowest BCUT2D eigenvalue weighted by molar-refractivity contribution is -0.131. The minimum Gasteiger partial charge on any atom is -0.361 e. The molecule has 0 unspecified atom stereocenters. The number of hydrogen-bond donors (Lipinski definition) is 1. The Bertz CT molecular complexity index is 768. The van der Waals surface area contributed by atoms with Gasteiger partial charge in [0.25, 0.3) is 0 Å². The predicted octanol–water partition coefficient (Wildman–Crippen LogP) is 3.97. The number of likely N-dealkylation sites (tertiary alicyclic amines) is 2. The van der Waals surface area contributed by atoms with Crippen molar-refractivity contribution in [3.05, 3.63) is 36.0 Å². The number of aromatic amines is 1. The number of aryl methyl sites for hydroxylation is 1. The lowest BCUT2D eigenvalue weighted by atomic mass is 9.88. The Morgan fingerprint density at radius 1 is 1.12 bits per heavy atom. The van der Waals surface area contributed by atoms with E-state index < -0.39 is 0 Å². The summed E-state index contributed by atoms with van der Waals surface area (Å²) in [5, 5.41) is 1.29. The summed E-state index contributed by atoms with van der Waals surface area (Å²) in [6.45, 7) is 3.11. The number of rotatable bonds is 4. The molecule has 4 rings (SSSR count). The molecule has 2 saturated heterocycles. The largest absolute Gasteiger partial charge is 0.361 e. The molecule has 0 bridgehead atoms. The van der Waals surface area contributed by atoms with Crippen molar-refractivity contribution in [1.29, 1.82) is 0 Å². The highest BCUT2D eigenvalue weighted by Crippen LogP contribution is 2.37. The van der Waals surface area contributed by atoms with Crippen molar-refractivity contribution in [3.63, 3.8) is 0 Å². The molecule has 4 heteroatoms. The maximum atomic E-state index is 12.7. The average molecular weight is 354 g/mol. The molecule has 1 amide bonds. The number of nitrogens with one attached hydrogen (secondary N) is 1. The first-order chi connectivity index (χ1) is 12.7. The minimum absolute atomic E-state index is 0.350. The number of amides is 1. The van der Waals surface area contributed by atoms with Gasteiger partial charge in [-0.1, -0.05) is 18.2 Å². The molecule has 1 aromatic carbocycles. The maximum absolute atomic E-state index is 12.7. The van der Waals surface area contributed by atoms with E-state index >= 15 is 0 Å². The van der Waals surface area contributed by atoms with Crippen molar-refractivity contribution in [2.24, 2.45) is 0 Å². The van der Waals surface area contributed by atoms with Crippen LogP contribution in [0, 0.1) is 0 Å². The van der Waals surface area contributed by atoms with Gasteiger partial charge < -0.3 is 14.8 Å². The van der Waals surface area contributed by atoms with Gasteiger partial charge in [0.1, 0.15) is 0 Å². The predicted molar refractivity (Wildman–Crippen MR) is 106 cm³/mol. The molecular formula is C22H31N3O. The first-order valence-electron chi connectivity index (χ1n) is 10.2. The van der Waals surface area contributed by atoms with Crippen LogP contribution in [0.3, 0.4) is 0 Å². The zero-order valence-corrected chi connectivity index (χ0v) is 16.0. The number of benzene rings is 1. The van der Waals surface area contributed by atoms with Crippen molar-refractivity contribution >= 4 is 16.8 Å². The molecular weight excluding hydrogens is 322 g/mol. The number of fused-ring (bicyclic) bond motifs is 1. The van der Waals surface area contributed by atoms with Crippen LogP contribution < -0.4 is 0 Å². The molecule has 2 aromatic rings. The molecule has 140 valence electrons. The number of hydrogen-bond acceptors (Lipinski definition) is 2. The SMILES string of the molecule is CN1CCC[C@@]12CCCN(C(=O)CCCc1c[nH]c3ccccc13)CC2. The average Bonchev–Trinajstić information content (AvgIpc) is 3.14. The second kappa shape index (κ2) is 7.43. The summed E-state index contributed by atoms with van der Waals surface area (Å²) in [5.74, 6) is 0.350. The van der Waals surface area contributed by atoms with Crippen molar-refractivity contribution in [3.8, 4) is 0 Å². The first kappa shape index (κ1) is 17.6. The number of aromatic nitrogens is 1. The summed E-state index contributed by atoms with van der Waals surface area (Å²) in [4.78, 5) is 20.8. The number of para-hydroxylation sites is 1. The monoisotopic (exact) mass is 353 g/mol. The van der Waals surface area contributed by atoms with Crippen LogP contribution in [-0.4, -0.2) is 52.9 Å². The molecule has 0 aliphatic carbocycles. The molecule has 1 aromatic heterocycles. The topological polar surface area (TPSA) is 39.3 Å². The molecule has 26 heavy (non-hydrogen) atoms. The zero-order valence-electron chi connectivity index (χ0n) is 16.0. The van der Waals surface area contributed by atoms with Gasteiger partial charge in [-0.05, 0) is 70.2 Å². The van der Waals surface area contributed by atoms with Crippen LogP contribution in [0.4, 0.5) is 0 Å². The Kier molecular flexibility index (Phi) is 5.03. The molecule has 3 heterocycles. The fourth-order valence-electron chi connectivity index (χ4n) is 5.06. The summed E-state index contributed by atoms with van der Waals surface area (Å²) in [6.07, 6.45) is 10.8. The van der Waals surface area contributed by atoms with Gasteiger partial charge in [-0.2, -0.15) is 0 Å². The van der Waals surface area contributed by atoms with E-state index in [0.29, 0.717) is 17.9 Å². The van der Waals surface area contributed by atoms with Crippen LogP contribution >= 0.6 is 0 Å². The first-order valence-corrected chi connectivity index (χ1v) is 10.2. The van der Waals surface area contributed by atoms with Gasteiger partial charge >= 0.3 is 0 Å². The van der Waals surface area contributed by atoms with Crippen LogP contribution in [0.1, 0.15) is 50.5 Å². The molecule has 0 saturated carbocycles. The highest BCUT2D eigenvalue weighted by atomic mass is 16.2. The maximum Gasteiger partial charge on any atom is 0.222 e. The molecule has 1 spiro atoms. The summed E-state index contributed by atoms with van der Waals surface area (Å²) in [6, 6.07) is 8.41. The molecule has 2 aliphatic heterocycles. The Labute approximate surface area is 156 Å². The van der Waals surface area contributed by atoms with Crippen LogP contribution in [0.5, 0.6) is 0 Å². The molecule has 1 atom stereocenters. The quantitative estimate of drug-likeness (QED) is 0.903.